The van der Waals surface area contributed by atoms with Crippen LogP contribution in [0.15, 0.2) is 24.3 Å². The van der Waals surface area contributed by atoms with Gasteiger partial charge in [-0.1, -0.05) is 12.1 Å². The number of nitrogens with zero attached hydrogens (tertiary/aromatic N) is 1. The van der Waals surface area contributed by atoms with Gasteiger partial charge in [0.25, 0.3) is 0 Å². The van der Waals surface area contributed by atoms with Crippen molar-refractivity contribution in [3.05, 3.63) is 29.8 Å². The van der Waals surface area contributed by atoms with Gasteiger partial charge in [0, 0.05) is 4.75 Å². The molecule has 32 heavy (non-hydrogen) atoms. The van der Waals surface area contributed by atoms with E-state index in [0.717, 1.165) is 13.0 Å². The van der Waals surface area contributed by atoms with Gasteiger partial charge in [0.1, 0.15) is 29.2 Å². The molecule has 3 saturated heterocycles. The van der Waals surface area contributed by atoms with Crippen LogP contribution in [-0.2, 0) is 19.2 Å². The van der Waals surface area contributed by atoms with E-state index >= 15 is 0 Å². The van der Waals surface area contributed by atoms with Crippen LogP contribution in [0.5, 0.6) is 5.75 Å². The summed E-state index contributed by atoms with van der Waals surface area (Å²) in [6, 6.07) is 2.58. The summed E-state index contributed by atoms with van der Waals surface area (Å²) in [6.45, 7) is 4.24. The third-order valence-electron chi connectivity index (χ3n) is 6.12. The van der Waals surface area contributed by atoms with Crippen LogP contribution in [0.4, 0.5) is 0 Å². The molecule has 0 spiro atoms. The van der Waals surface area contributed by atoms with Gasteiger partial charge in [-0.05, 0) is 50.9 Å². The average Bonchev–Trinajstić information content (AvgIpc) is 3.35. The van der Waals surface area contributed by atoms with Crippen molar-refractivity contribution in [3.8, 4) is 5.75 Å². The van der Waals surface area contributed by atoms with Crippen molar-refractivity contribution < 1.29 is 29.4 Å². The van der Waals surface area contributed by atoms with Gasteiger partial charge in [0.15, 0.2) is 0 Å². The smallest absolute Gasteiger partial charge is 0.327 e. The molecule has 3 amide bonds. The first-order chi connectivity index (χ1) is 15.1. The van der Waals surface area contributed by atoms with E-state index in [4.69, 9.17) is 0 Å². The number of amides is 3. The molecular formula is C21H26N4O6S. The van der Waals surface area contributed by atoms with Gasteiger partial charge in [-0.25, -0.2) is 4.79 Å². The van der Waals surface area contributed by atoms with Gasteiger partial charge in [0.2, 0.25) is 17.7 Å². The maximum Gasteiger partial charge on any atom is 0.327 e. The Morgan fingerprint density at radius 3 is 2.53 bits per heavy atom. The summed E-state index contributed by atoms with van der Waals surface area (Å²) in [4.78, 5) is 51.6. The second kappa shape index (κ2) is 8.28. The summed E-state index contributed by atoms with van der Waals surface area (Å²) in [6.07, 6.45) is 1.52. The lowest BCUT2D eigenvalue weighted by molar-refractivity contribution is -0.161. The SMILES string of the molecule is CC1(C)S[C@@H]2C(NC(=O)C(NC(=O)[C@H]3CCCN3)c3ccc(O)cc3)C(=O)N2[C@H]1C(=O)O. The molecule has 2 unspecified atom stereocenters. The number of hydrogen-bond donors (Lipinski definition) is 5. The zero-order valence-corrected chi connectivity index (χ0v) is 18.5. The van der Waals surface area contributed by atoms with E-state index in [1.165, 1.54) is 40.9 Å². The number of carboxylic acid groups (broad SMARTS) is 1. The number of hydrogen-bond acceptors (Lipinski definition) is 7. The Kier molecular flexibility index (Phi) is 5.80. The molecule has 4 rings (SSSR count). The molecule has 0 aromatic heterocycles. The number of thioether (sulfide) groups is 1. The molecule has 5 N–H and O–H groups in total. The first kappa shape index (κ1) is 22.4. The van der Waals surface area contributed by atoms with Crippen LogP contribution in [0.25, 0.3) is 0 Å². The van der Waals surface area contributed by atoms with E-state index < -0.39 is 52.1 Å². The number of nitrogens with one attached hydrogen (secondary N) is 3. The van der Waals surface area contributed by atoms with E-state index in [1.807, 2.05) is 0 Å². The fourth-order valence-corrected chi connectivity index (χ4v) is 6.13. The molecule has 5 atom stereocenters. The first-order valence-corrected chi connectivity index (χ1v) is 11.3. The van der Waals surface area contributed by atoms with Crippen LogP contribution >= 0.6 is 11.8 Å². The molecule has 0 radical (unpaired) electrons. The summed E-state index contributed by atoms with van der Waals surface area (Å²) in [5.74, 6) is -2.41. The third kappa shape index (κ3) is 3.90. The van der Waals surface area contributed by atoms with E-state index in [2.05, 4.69) is 16.0 Å². The van der Waals surface area contributed by atoms with Crippen LogP contribution in [0.1, 0.15) is 38.3 Å². The predicted molar refractivity (Wildman–Crippen MR) is 116 cm³/mol. The van der Waals surface area contributed by atoms with Crippen molar-refractivity contribution in [1.29, 1.82) is 0 Å². The number of fused-ring (bicyclic) bond motifs is 1. The molecule has 1 aromatic rings. The van der Waals surface area contributed by atoms with E-state index in [9.17, 15) is 29.4 Å². The van der Waals surface area contributed by atoms with Crippen LogP contribution in [0, 0.1) is 0 Å². The minimum absolute atomic E-state index is 0.0193. The Balaban J connectivity index is 1.51. The summed E-state index contributed by atoms with van der Waals surface area (Å²) in [5.41, 5.74) is 0.457. The zero-order valence-electron chi connectivity index (χ0n) is 17.7. The quantitative estimate of drug-likeness (QED) is 0.369. The Morgan fingerprint density at radius 1 is 1.25 bits per heavy atom. The molecule has 11 heteroatoms. The van der Waals surface area contributed by atoms with Crippen LogP contribution in [0.3, 0.4) is 0 Å². The number of carbonyl (C=O) groups excluding carboxylic acids is 3. The van der Waals surface area contributed by atoms with Crippen molar-refractivity contribution in [2.75, 3.05) is 6.54 Å². The highest BCUT2D eigenvalue weighted by Crippen LogP contribution is 2.50. The summed E-state index contributed by atoms with van der Waals surface area (Å²) < 4.78 is -0.704. The molecule has 3 aliphatic rings. The second-order valence-electron chi connectivity index (χ2n) is 8.77. The van der Waals surface area contributed by atoms with E-state index in [1.54, 1.807) is 13.8 Å². The number of phenols is 1. The van der Waals surface area contributed by atoms with Gasteiger partial charge in [0.05, 0.1) is 6.04 Å². The maximum atomic E-state index is 13.2. The number of β-lactam (4-membered cyclic amide) rings is 1. The number of carboxylic acids is 1. The predicted octanol–water partition coefficient (Wildman–Crippen LogP) is -0.0668. The lowest BCUT2D eigenvalue weighted by Crippen LogP contribution is -2.71. The number of rotatable bonds is 6. The zero-order chi connectivity index (χ0) is 23.2. The highest BCUT2D eigenvalue weighted by atomic mass is 32.2. The summed E-state index contributed by atoms with van der Waals surface area (Å²) in [5, 5.41) is 27.2. The lowest BCUT2D eigenvalue weighted by Gasteiger charge is -2.44. The van der Waals surface area contributed by atoms with Crippen LogP contribution in [-0.4, -0.2) is 73.6 Å². The van der Waals surface area contributed by atoms with Crippen molar-refractivity contribution in [3.63, 3.8) is 0 Å². The molecule has 3 fully saturated rings. The highest BCUT2D eigenvalue weighted by Gasteiger charge is 2.64. The fourth-order valence-electron chi connectivity index (χ4n) is 4.50. The third-order valence-corrected chi connectivity index (χ3v) is 7.70. The molecule has 0 bridgehead atoms. The fraction of sp³-hybridized carbons (Fsp3) is 0.524. The van der Waals surface area contributed by atoms with Crippen LogP contribution in [0.2, 0.25) is 0 Å². The number of phenolic OH excluding ortho intramolecular Hbond substituents is 1. The topological polar surface area (TPSA) is 148 Å². The van der Waals surface area contributed by atoms with E-state index in [0.29, 0.717) is 12.0 Å². The van der Waals surface area contributed by atoms with Crippen molar-refractivity contribution >= 4 is 35.5 Å². The largest absolute Gasteiger partial charge is 0.508 e. The molecular weight excluding hydrogens is 436 g/mol. The summed E-state index contributed by atoms with van der Waals surface area (Å²) >= 11 is 1.33. The number of aromatic hydroxyl groups is 1. The standard InChI is InChI=1S/C21H26N4O6S/c1-21(2)15(20(30)31)25-18(29)14(19(25)32-21)24-17(28)13(10-5-7-11(26)8-6-10)23-16(27)12-4-3-9-22-12/h5-8,12-15,19,22,26H,3-4,9H2,1-2H3,(H,23,27)(H,24,28)(H,30,31)/t12-,13?,14?,15+,19-/m1/s1. The Morgan fingerprint density at radius 2 is 1.94 bits per heavy atom. The molecule has 3 aliphatic heterocycles. The molecule has 0 aliphatic carbocycles. The number of carbonyl (C=O) groups is 4. The Hall–Kier alpha value is -2.79. The Bertz CT molecular complexity index is 946. The van der Waals surface area contributed by atoms with Crippen LogP contribution < -0.4 is 16.0 Å². The molecule has 3 heterocycles. The average molecular weight is 463 g/mol. The van der Waals surface area contributed by atoms with Gasteiger partial charge in [-0.3, -0.25) is 14.4 Å². The van der Waals surface area contributed by atoms with E-state index in [-0.39, 0.29) is 11.7 Å². The Labute approximate surface area is 189 Å². The minimum Gasteiger partial charge on any atom is -0.508 e. The lowest BCUT2D eigenvalue weighted by atomic mass is 9.95. The highest BCUT2D eigenvalue weighted by molar-refractivity contribution is 8.01. The van der Waals surface area contributed by atoms with Crippen molar-refractivity contribution in [2.45, 2.75) is 61.0 Å². The minimum atomic E-state index is -1.08. The number of benzene rings is 1. The first-order valence-electron chi connectivity index (χ1n) is 10.5. The van der Waals surface area contributed by atoms with Crippen molar-refractivity contribution in [2.24, 2.45) is 0 Å². The number of aliphatic carboxylic acids is 1. The van der Waals surface area contributed by atoms with Gasteiger partial charge >= 0.3 is 5.97 Å². The molecule has 172 valence electrons. The maximum absolute atomic E-state index is 13.2. The summed E-state index contributed by atoms with van der Waals surface area (Å²) in [7, 11) is 0. The molecule has 10 nitrogen and oxygen atoms in total. The monoisotopic (exact) mass is 462 g/mol. The van der Waals surface area contributed by atoms with Crippen molar-refractivity contribution in [1.82, 2.24) is 20.9 Å². The normalized spacial score (nSPS) is 29.1. The molecule has 0 saturated carbocycles. The van der Waals surface area contributed by atoms with Gasteiger partial charge in [-0.2, -0.15) is 0 Å². The van der Waals surface area contributed by atoms with Gasteiger partial charge < -0.3 is 31.1 Å². The van der Waals surface area contributed by atoms with Gasteiger partial charge in [-0.15, -0.1) is 11.8 Å². The molecule has 1 aromatic carbocycles. The second-order valence-corrected chi connectivity index (χ2v) is 10.5.